The predicted molar refractivity (Wildman–Crippen MR) is 76.0 cm³/mol. The van der Waals surface area contributed by atoms with Gasteiger partial charge in [-0.25, -0.2) is 9.98 Å². The predicted octanol–water partition coefficient (Wildman–Crippen LogP) is 3.61. The summed E-state index contributed by atoms with van der Waals surface area (Å²) >= 11 is 0. The maximum atomic E-state index is 4.68. The number of aliphatic imine (C=N–C) groups is 2. The minimum atomic E-state index is 0.293. The van der Waals surface area contributed by atoms with Gasteiger partial charge in [-0.05, 0) is 24.5 Å². The number of benzene rings is 1. The molecule has 1 aliphatic heterocycles. The van der Waals surface area contributed by atoms with Crippen LogP contribution in [-0.4, -0.2) is 11.5 Å². The molecule has 3 rings (SSSR count). The zero-order valence-corrected chi connectivity index (χ0v) is 10.7. The lowest BCUT2D eigenvalue weighted by atomic mass is 9.80. The molecule has 18 heavy (non-hydrogen) atoms. The van der Waals surface area contributed by atoms with Crippen LogP contribution in [0.1, 0.15) is 19.4 Å². The Morgan fingerprint density at radius 2 is 1.83 bits per heavy atom. The first-order chi connectivity index (χ1) is 8.75. The Bertz CT molecular complexity index is 576. The SMILES string of the molecule is CC1=NC2=CC=CC(C)C2C(c2ccccc2)=N1. The van der Waals surface area contributed by atoms with Crippen LogP contribution in [0.5, 0.6) is 0 Å². The van der Waals surface area contributed by atoms with Crippen LogP contribution in [0.3, 0.4) is 0 Å². The zero-order valence-electron chi connectivity index (χ0n) is 10.7. The van der Waals surface area contributed by atoms with Crippen molar-refractivity contribution in [3.63, 3.8) is 0 Å². The van der Waals surface area contributed by atoms with Crippen molar-refractivity contribution in [3.05, 3.63) is 59.8 Å². The lowest BCUT2D eigenvalue weighted by molar-refractivity contribution is 0.597. The van der Waals surface area contributed by atoms with Gasteiger partial charge in [-0.2, -0.15) is 0 Å². The third-order valence-corrected chi connectivity index (χ3v) is 3.46. The van der Waals surface area contributed by atoms with Crippen LogP contribution in [0.2, 0.25) is 0 Å². The highest BCUT2D eigenvalue weighted by molar-refractivity contribution is 6.11. The normalized spacial score (nSPS) is 26.0. The highest BCUT2D eigenvalue weighted by Gasteiger charge is 2.30. The lowest BCUT2D eigenvalue weighted by Gasteiger charge is -2.29. The summed E-state index contributed by atoms with van der Waals surface area (Å²) in [4.78, 5) is 9.25. The van der Waals surface area contributed by atoms with E-state index in [2.05, 4.69) is 59.4 Å². The van der Waals surface area contributed by atoms with Crippen molar-refractivity contribution in [1.82, 2.24) is 0 Å². The molecular formula is C16H16N2. The van der Waals surface area contributed by atoms with Gasteiger partial charge in [0.15, 0.2) is 0 Å². The molecule has 0 saturated heterocycles. The number of amidine groups is 1. The summed E-state index contributed by atoms with van der Waals surface area (Å²) in [6.07, 6.45) is 6.43. The molecule has 0 fully saturated rings. The highest BCUT2D eigenvalue weighted by atomic mass is 15.0. The van der Waals surface area contributed by atoms with Gasteiger partial charge in [-0.1, -0.05) is 49.4 Å². The van der Waals surface area contributed by atoms with E-state index in [1.807, 2.05) is 13.0 Å². The first-order valence-electron chi connectivity index (χ1n) is 6.33. The van der Waals surface area contributed by atoms with Crippen molar-refractivity contribution < 1.29 is 0 Å². The molecule has 1 aromatic rings. The van der Waals surface area contributed by atoms with Crippen LogP contribution < -0.4 is 0 Å². The molecule has 0 aromatic heterocycles. The Hall–Kier alpha value is -1.96. The van der Waals surface area contributed by atoms with Gasteiger partial charge in [-0.15, -0.1) is 0 Å². The van der Waals surface area contributed by atoms with Crippen molar-refractivity contribution >= 4 is 11.5 Å². The fraction of sp³-hybridized carbons (Fsp3) is 0.250. The Morgan fingerprint density at radius 1 is 1.06 bits per heavy atom. The second-order valence-electron chi connectivity index (χ2n) is 4.84. The van der Waals surface area contributed by atoms with Gasteiger partial charge in [0.1, 0.15) is 5.84 Å². The molecule has 2 nitrogen and oxygen atoms in total. The summed E-state index contributed by atoms with van der Waals surface area (Å²) in [5.74, 6) is 1.58. The first kappa shape index (κ1) is 11.1. The summed E-state index contributed by atoms with van der Waals surface area (Å²) in [5, 5.41) is 0. The molecule has 90 valence electrons. The summed E-state index contributed by atoms with van der Waals surface area (Å²) in [6, 6.07) is 10.4. The van der Waals surface area contributed by atoms with Crippen molar-refractivity contribution in [2.45, 2.75) is 13.8 Å². The smallest absolute Gasteiger partial charge is 0.125 e. The van der Waals surface area contributed by atoms with Gasteiger partial charge in [0.25, 0.3) is 0 Å². The minimum absolute atomic E-state index is 0.293. The number of nitrogens with zero attached hydrogens (tertiary/aromatic N) is 2. The number of allylic oxidation sites excluding steroid dienone is 4. The molecule has 2 atom stereocenters. The second-order valence-corrected chi connectivity index (χ2v) is 4.84. The van der Waals surface area contributed by atoms with E-state index in [9.17, 15) is 0 Å². The summed E-state index contributed by atoms with van der Waals surface area (Å²) < 4.78 is 0. The molecule has 2 heteroatoms. The van der Waals surface area contributed by atoms with Gasteiger partial charge in [-0.3, -0.25) is 0 Å². The van der Waals surface area contributed by atoms with E-state index >= 15 is 0 Å². The number of rotatable bonds is 1. The van der Waals surface area contributed by atoms with E-state index in [-0.39, 0.29) is 0 Å². The van der Waals surface area contributed by atoms with E-state index in [1.165, 1.54) is 5.56 Å². The zero-order chi connectivity index (χ0) is 12.5. The molecule has 0 spiro atoms. The number of hydrogen-bond acceptors (Lipinski definition) is 2. The Kier molecular flexibility index (Phi) is 2.71. The molecule has 0 saturated carbocycles. The third-order valence-electron chi connectivity index (χ3n) is 3.46. The standard InChI is InChI=1S/C16H16N2/c1-11-7-6-10-14-15(11)16(18-12(2)17-14)13-8-4-3-5-9-13/h3-11,15H,1-2H3. The fourth-order valence-electron chi connectivity index (χ4n) is 2.62. The first-order valence-corrected chi connectivity index (χ1v) is 6.33. The van der Waals surface area contributed by atoms with Crippen LogP contribution >= 0.6 is 0 Å². The topological polar surface area (TPSA) is 24.7 Å². The summed E-state index contributed by atoms with van der Waals surface area (Å²) in [7, 11) is 0. The maximum Gasteiger partial charge on any atom is 0.125 e. The fourth-order valence-corrected chi connectivity index (χ4v) is 2.62. The molecule has 1 aromatic carbocycles. The quantitative estimate of drug-likeness (QED) is 0.711. The molecule has 1 heterocycles. The van der Waals surface area contributed by atoms with Crippen LogP contribution in [0, 0.1) is 11.8 Å². The average molecular weight is 236 g/mol. The van der Waals surface area contributed by atoms with Crippen LogP contribution in [-0.2, 0) is 0 Å². The molecule has 1 aliphatic carbocycles. The van der Waals surface area contributed by atoms with Gasteiger partial charge in [0.2, 0.25) is 0 Å². The molecule has 0 bridgehead atoms. The lowest BCUT2D eigenvalue weighted by Crippen LogP contribution is -2.28. The second kappa shape index (κ2) is 4.37. The number of fused-ring (bicyclic) bond motifs is 1. The van der Waals surface area contributed by atoms with E-state index in [0.29, 0.717) is 11.8 Å². The molecule has 0 radical (unpaired) electrons. The van der Waals surface area contributed by atoms with Gasteiger partial charge in [0, 0.05) is 0 Å². The molecule has 0 amide bonds. The molecule has 2 aliphatic rings. The minimum Gasteiger partial charge on any atom is -0.238 e. The molecule has 0 N–H and O–H groups in total. The van der Waals surface area contributed by atoms with Crippen molar-refractivity contribution in [2.24, 2.45) is 21.8 Å². The summed E-state index contributed by atoms with van der Waals surface area (Å²) in [6.45, 7) is 4.19. The van der Waals surface area contributed by atoms with Crippen molar-refractivity contribution in [2.75, 3.05) is 0 Å². The van der Waals surface area contributed by atoms with Crippen molar-refractivity contribution in [1.29, 1.82) is 0 Å². The maximum absolute atomic E-state index is 4.68. The average Bonchev–Trinajstić information content (AvgIpc) is 2.39. The Balaban J connectivity index is 2.11. The van der Waals surface area contributed by atoms with E-state index in [1.54, 1.807) is 0 Å². The third kappa shape index (κ3) is 1.84. The van der Waals surface area contributed by atoms with E-state index in [4.69, 9.17) is 0 Å². The Labute approximate surface area is 107 Å². The molecule has 2 unspecified atom stereocenters. The molecular weight excluding hydrogens is 220 g/mol. The van der Waals surface area contributed by atoms with Gasteiger partial charge in [0.05, 0.1) is 17.3 Å². The highest BCUT2D eigenvalue weighted by Crippen LogP contribution is 2.33. The van der Waals surface area contributed by atoms with E-state index < -0.39 is 0 Å². The van der Waals surface area contributed by atoms with Gasteiger partial charge < -0.3 is 0 Å². The van der Waals surface area contributed by atoms with Crippen LogP contribution in [0.25, 0.3) is 0 Å². The summed E-state index contributed by atoms with van der Waals surface area (Å²) in [5.41, 5.74) is 3.48. The van der Waals surface area contributed by atoms with Crippen molar-refractivity contribution in [3.8, 4) is 0 Å². The largest absolute Gasteiger partial charge is 0.238 e. The monoisotopic (exact) mass is 236 g/mol. The number of hydrogen-bond donors (Lipinski definition) is 0. The van der Waals surface area contributed by atoms with Crippen LogP contribution in [0.15, 0.2) is 64.2 Å². The van der Waals surface area contributed by atoms with Gasteiger partial charge >= 0.3 is 0 Å². The Morgan fingerprint density at radius 3 is 2.61 bits per heavy atom. The van der Waals surface area contributed by atoms with Crippen LogP contribution in [0.4, 0.5) is 0 Å². The van der Waals surface area contributed by atoms with E-state index in [0.717, 1.165) is 17.2 Å².